The van der Waals surface area contributed by atoms with E-state index in [1.165, 1.54) is 7.11 Å². The van der Waals surface area contributed by atoms with Crippen LogP contribution in [0.2, 0.25) is 0 Å². The van der Waals surface area contributed by atoms with Crippen LogP contribution < -0.4 is 0 Å². The van der Waals surface area contributed by atoms with Crippen LogP contribution in [0.4, 0.5) is 0 Å². The van der Waals surface area contributed by atoms with Gasteiger partial charge in [-0.15, -0.1) is 5.10 Å². The fraction of sp³-hybridized carbons (Fsp3) is 0.583. The monoisotopic (exact) mass is 265 g/mol. The van der Waals surface area contributed by atoms with Crippen LogP contribution in [0.15, 0.2) is 6.20 Å². The minimum atomic E-state index is -0.992. The number of ketones is 1. The number of aromatic nitrogens is 3. The van der Waals surface area contributed by atoms with Gasteiger partial charge in [0.05, 0.1) is 12.8 Å². The van der Waals surface area contributed by atoms with E-state index in [9.17, 15) is 14.4 Å². The molecule has 0 aliphatic heterocycles. The van der Waals surface area contributed by atoms with Crippen LogP contribution in [0.5, 0.6) is 0 Å². The molecular formula is C12H15N3O4. The Labute approximate surface area is 109 Å². The van der Waals surface area contributed by atoms with Crippen molar-refractivity contribution in [2.45, 2.75) is 18.8 Å². The van der Waals surface area contributed by atoms with Gasteiger partial charge in [0, 0.05) is 31.5 Å². The average Bonchev–Trinajstić information content (AvgIpc) is 3.09. The van der Waals surface area contributed by atoms with E-state index in [0.29, 0.717) is 12.7 Å². The van der Waals surface area contributed by atoms with Gasteiger partial charge < -0.3 is 9.53 Å². The Morgan fingerprint density at radius 3 is 2.89 bits per heavy atom. The number of carbonyl (C=O) groups is 3. The van der Waals surface area contributed by atoms with Gasteiger partial charge in [0.25, 0.3) is 0 Å². The van der Waals surface area contributed by atoms with Crippen LogP contribution in [0.1, 0.15) is 24.5 Å². The van der Waals surface area contributed by atoms with Gasteiger partial charge in [-0.3, -0.25) is 14.3 Å². The first-order valence-corrected chi connectivity index (χ1v) is 6.00. The number of aldehydes is 1. The fourth-order valence-electron chi connectivity index (χ4n) is 2.20. The van der Waals surface area contributed by atoms with Crippen molar-refractivity contribution in [2.24, 2.45) is 18.9 Å². The maximum atomic E-state index is 12.2. The number of methoxy groups -OCH3 is 1. The fourth-order valence-corrected chi connectivity index (χ4v) is 2.20. The molecule has 0 amide bonds. The summed E-state index contributed by atoms with van der Waals surface area (Å²) in [5.41, 5.74) is 0.746. The summed E-state index contributed by atoms with van der Waals surface area (Å²) in [5.74, 6) is -2.15. The number of Topliss-reactive ketones (excluding diaryl/α,β-unsaturated/α-hetero) is 1. The Hall–Kier alpha value is -2.05. The smallest absolute Gasteiger partial charge is 0.316 e. The summed E-state index contributed by atoms with van der Waals surface area (Å²) >= 11 is 0. The van der Waals surface area contributed by atoms with Gasteiger partial charge >= 0.3 is 5.97 Å². The maximum absolute atomic E-state index is 12.2. The van der Waals surface area contributed by atoms with E-state index in [0.717, 1.165) is 5.69 Å². The molecule has 0 radical (unpaired) electrons. The zero-order chi connectivity index (χ0) is 14.0. The molecule has 1 aromatic heterocycles. The van der Waals surface area contributed by atoms with E-state index in [2.05, 4.69) is 15.0 Å². The normalized spacial score (nSPS) is 22.6. The molecule has 1 aliphatic rings. The highest BCUT2D eigenvalue weighted by Gasteiger charge is 2.49. The van der Waals surface area contributed by atoms with Crippen molar-refractivity contribution in [2.75, 3.05) is 7.11 Å². The SMILES string of the molecule is COC(=O)C(CC=O)C(=O)[C@@H]1C[C@H]1c1cn(C)nn1. The van der Waals surface area contributed by atoms with Crippen LogP contribution >= 0.6 is 0 Å². The van der Waals surface area contributed by atoms with Crippen LogP contribution in [-0.4, -0.2) is 40.1 Å². The maximum Gasteiger partial charge on any atom is 0.316 e. The van der Waals surface area contributed by atoms with Gasteiger partial charge in [0.15, 0.2) is 5.78 Å². The zero-order valence-corrected chi connectivity index (χ0v) is 10.8. The molecule has 1 aromatic rings. The van der Waals surface area contributed by atoms with Gasteiger partial charge in [-0.05, 0) is 6.42 Å². The molecule has 1 saturated carbocycles. The Morgan fingerprint density at radius 2 is 2.37 bits per heavy atom. The highest BCUT2D eigenvalue weighted by Crippen LogP contribution is 2.48. The Balaban J connectivity index is 2.04. The number of ether oxygens (including phenoxy) is 1. The van der Waals surface area contributed by atoms with E-state index >= 15 is 0 Å². The van der Waals surface area contributed by atoms with Crippen molar-refractivity contribution < 1.29 is 19.1 Å². The first kappa shape index (κ1) is 13.4. The minimum absolute atomic E-state index is 0.00000756. The van der Waals surface area contributed by atoms with Crippen molar-refractivity contribution in [1.82, 2.24) is 15.0 Å². The number of carbonyl (C=O) groups excluding carboxylic acids is 3. The summed E-state index contributed by atoms with van der Waals surface area (Å²) < 4.78 is 6.13. The van der Waals surface area contributed by atoms with Crippen molar-refractivity contribution >= 4 is 18.0 Å². The summed E-state index contributed by atoms with van der Waals surface area (Å²) in [7, 11) is 2.96. The van der Waals surface area contributed by atoms with Crippen molar-refractivity contribution in [3.8, 4) is 0 Å². The van der Waals surface area contributed by atoms with E-state index in [1.54, 1.807) is 17.9 Å². The molecule has 0 saturated heterocycles. The standard InChI is InChI=1S/C12H15N3O4/c1-15-6-10(13-14-15)8-5-9(8)11(17)7(3-4-16)12(18)19-2/h4,6-9H,3,5H2,1-2H3/t7?,8-,9-/m1/s1. The minimum Gasteiger partial charge on any atom is -0.468 e. The van der Waals surface area contributed by atoms with E-state index in [-0.39, 0.29) is 24.0 Å². The zero-order valence-electron chi connectivity index (χ0n) is 10.8. The molecule has 0 aromatic carbocycles. The summed E-state index contributed by atoms with van der Waals surface area (Å²) in [6.07, 6.45) is 2.84. The highest BCUT2D eigenvalue weighted by atomic mass is 16.5. The second-order valence-electron chi connectivity index (χ2n) is 4.65. The number of rotatable bonds is 6. The molecule has 7 heteroatoms. The Bertz CT molecular complexity index is 511. The number of aryl methyl sites for hydroxylation is 1. The van der Waals surface area contributed by atoms with Crippen molar-refractivity contribution in [3.05, 3.63) is 11.9 Å². The third-order valence-corrected chi connectivity index (χ3v) is 3.32. The predicted octanol–water partition coefficient (Wildman–Crippen LogP) is -0.134. The number of nitrogens with zero attached hydrogens (tertiary/aromatic N) is 3. The second-order valence-corrected chi connectivity index (χ2v) is 4.65. The molecule has 0 N–H and O–H groups in total. The number of esters is 1. The van der Waals surface area contributed by atoms with E-state index in [4.69, 9.17) is 0 Å². The van der Waals surface area contributed by atoms with Crippen LogP contribution in [0.3, 0.4) is 0 Å². The first-order chi connectivity index (χ1) is 9.08. The molecule has 7 nitrogen and oxygen atoms in total. The quantitative estimate of drug-likeness (QED) is 0.404. The number of hydrogen-bond acceptors (Lipinski definition) is 6. The van der Waals surface area contributed by atoms with Crippen LogP contribution in [0, 0.1) is 11.8 Å². The molecule has 3 atom stereocenters. The molecule has 2 rings (SSSR count). The average molecular weight is 265 g/mol. The predicted molar refractivity (Wildman–Crippen MR) is 63.0 cm³/mol. The van der Waals surface area contributed by atoms with Gasteiger partial charge in [0.2, 0.25) is 0 Å². The van der Waals surface area contributed by atoms with Gasteiger partial charge in [-0.2, -0.15) is 0 Å². The summed E-state index contributed by atoms with van der Waals surface area (Å²) in [5, 5.41) is 7.77. The largest absolute Gasteiger partial charge is 0.468 e. The third-order valence-electron chi connectivity index (χ3n) is 3.32. The molecular weight excluding hydrogens is 250 g/mol. The van der Waals surface area contributed by atoms with Crippen LogP contribution in [-0.2, 0) is 26.2 Å². The van der Waals surface area contributed by atoms with Crippen molar-refractivity contribution in [3.63, 3.8) is 0 Å². The molecule has 1 heterocycles. The second kappa shape index (κ2) is 5.29. The molecule has 1 fully saturated rings. The lowest BCUT2D eigenvalue weighted by atomic mass is 9.96. The third kappa shape index (κ3) is 2.69. The summed E-state index contributed by atoms with van der Waals surface area (Å²) in [6.45, 7) is 0. The molecule has 1 unspecified atom stereocenters. The van der Waals surface area contributed by atoms with Crippen LogP contribution in [0.25, 0.3) is 0 Å². The molecule has 0 spiro atoms. The van der Waals surface area contributed by atoms with Crippen molar-refractivity contribution in [1.29, 1.82) is 0 Å². The lowest BCUT2D eigenvalue weighted by Gasteiger charge is -2.09. The molecule has 0 bridgehead atoms. The molecule has 1 aliphatic carbocycles. The lowest BCUT2D eigenvalue weighted by molar-refractivity contribution is -0.150. The van der Waals surface area contributed by atoms with E-state index in [1.807, 2.05) is 0 Å². The molecule has 19 heavy (non-hydrogen) atoms. The highest BCUT2D eigenvalue weighted by molar-refractivity contribution is 6.03. The Kier molecular flexibility index (Phi) is 3.73. The van der Waals surface area contributed by atoms with Gasteiger partial charge in [0.1, 0.15) is 12.2 Å². The summed E-state index contributed by atoms with van der Waals surface area (Å²) in [6, 6.07) is 0. The lowest BCUT2D eigenvalue weighted by Crippen LogP contribution is -2.27. The number of hydrogen-bond donors (Lipinski definition) is 0. The topological polar surface area (TPSA) is 91.2 Å². The van der Waals surface area contributed by atoms with Gasteiger partial charge in [-0.1, -0.05) is 5.21 Å². The van der Waals surface area contributed by atoms with Gasteiger partial charge in [-0.25, -0.2) is 0 Å². The summed E-state index contributed by atoms with van der Waals surface area (Å²) in [4.78, 5) is 34.2. The Morgan fingerprint density at radius 1 is 1.63 bits per heavy atom. The van der Waals surface area contributed by atoms with E-state index < -0.39 is 11.9 Å². The first-order valence-electron chi connectivity index (χ1n) is 6.00. The molecule has 102 valence electrons.